The molecular weight excluding hydrogens is 340 g/mol. The van der Waals surface area contributed by atoms with Gasteiger partial charge in [0.1, 0.15) is 6.04 Å². The van der Waals surface area contributed by atoms with Crippen LogP contribution in [0.15, 0.2) is 47.8 Å². The molecule has 3 aliphatic rings. The molecule has 1 aliphatic carbocycles. The van der Waals surface area contributed by atoms with Gasteiger partial charge in [-0.15, -0.1) is 0 Å². The van der Waals surface area contributed by atoms with Crippen molar-refractivity contribution >= 4 is 16.9 Å². The number of aromatic nitrogens is 2. The molecule has 2 aromatic rings. The zero-order valence-electron chi connectivity index (χ0n) is 15.3. The van der Waals surface area contributed by atoms with Crippen LogP contribution in [0, 0.1) is 0 Å². The van der Waals surface area contributed by atoms with E-state index in [9.17, 15) is 0 Å². The number of amidine groups is 1. The fourth-order valence-electron chi connectivity index (χ4n) is 4.74. The molecule has 2 aliphatic heterocycles. The van der Waals surface area contributed by atoms with Crippen molar-refractivity contribution in [1.29, 1.82) is 0 Å². The van der Waals surface area contributed by atoms with Gasteiger partial charge in [-0.3, -0.25) is 9.98 Å². The van der Waals surface area contributed by atoms with Gasteiger partial charge in [-0.1, -0.05) is 37.6 Å². The van der Waals surface area contributed by atoms with E-state index in [0.29, 0.717) is 12.1 Å². The molecule has 4 heterocycles. The van der Waals surface area contributed by atoms with Crippen LogP contribution < -0.4 is 0 Å². The number of hydrogen-bond acceptors (Lipinski definition) is 4. The number of aliphatic imine (C=N–C) groups is 1. The number of rotatable bonds is 4. The molecule has 0 radical (unpaired) electrons. The Labute approximate surface area is 159 Å². The van der Waals surface area contributed by atoms with Gasteiger partial charge >= 0.3 is 0 Å². The highest BCUT2D eigenvalue weighted by Crippen LogP contribution is 2.48. The Bertz CT molecular complexity index is 793. The minimum Gasteiger partial charge on any atom is -0.351 e. The summed E-state index contributed by atoms with van der Waals surface area (Å²) in [5.41, 5.74) is 2.48. The van der Waals surface area contributed by atoms with Gasteiger partial charge in [0.25, 0.3) is 0 Å². The molecule has 2 fully saturated rings. The summed E-state index contributed by atoms with van der Waals surface area (Å²) in [4.78, 5) is 12.3. The maximum atomic E-state index is 5.12. The van der Waals surface area contributed by atoms with Crippen LogP contribution in [0.5, 0.6) is 0 Å². The minimum absolute atomic E-state index is 0.104. The summed E-state index contributed by atoms with van der Waals surface area (Å²) in [7, 11) is 0. The Kier molecular flexibility index (Phi) is 4.27. The van der Waals surface area contributed by atoms with Crippen LogP contribution in [-0.2, 0) is 0 Å². The minimum atomic E-state index is 0.104. The van der Waals surface area contributed by atoms with Crippen molar-refractivity contribution in [1.82, 2.24) is 14.5 Å². The quantitative estimate of drug-likeness (QED) is 0.765. The number of fused-ring (bicyclic) bond motifs is 1. The van der Waals surface area contributed by atoms with Crippen molar-refractivity contribution in [3.05, 3.63) is 54.1 Å². The van der Waals surface area contributed by atoms with E-state index in [1.807, 2.05) is 24.0 Å². The van der Waals surface area contributed by atoms with E-state index in [1.54, 1.807) is 0 Å². The van der Waals surface area contributed by atoms with Gasteiger partial charge in [0, 0.05) is 36.4 Å². The third kappa shape index (κ3) is 2.68. The van der Waals surface area contributed by atoms with E-state index >= 15 is 0 Å². The van der Waals surface area contributed by atoms with Crippen molar-refractivity contribution in [2.45, 2.75) is 63.2 Å². The van der Waals surface area contributed by atoms with Gasteiger partial charge in [-0.25, -0.2) is 0 Å². The molecule has 0 spiro atoms. The summed E-state index contributed by atoms with van der Waals surface area (Å²) in [5.74, 6) is 1.16. The molecule has 3 atom stereocenters. The first-order valence-electron chi connectivity index (χ1n) is 9.92. The van der Waals surface area contributed by atoms with Gasteiger partial charge in [-0.2, -0.15) is 0 Å². The first kappa shape index (κ1) is 16.4. The lowest BCUT2D eigenvalue weighted by atomic mass is 9.97. The summed E-state index contributed by atoms with van der Waals surface area (Å²) in [6.07, 6.45) is 13.1. The van der Waals surface area contributed by atoms with Crippen molar-refractivity contribution in [2.24, 2.45) is 4.99 Å². The molecule has 2 aromatic heterocycles. The number of hydrogen-bond donors (Lipinski definition) is 0. The van der Waals surface area contributed by atoms with Gasteiger partial charge in [0.15, 0.2) is 5.17 Å². The molecule has 0 amide bonds. The summed E-state index contributed by atoms with van der Waals surface area (Å²) in [5, 5.41) is 1.21. The molecular formula is C21H26N4S. The van der Waals surface area contributed by atoms with E-state index in [4.69, 9.17) is 4.99 Å². The lowest BCUT2D eigenvalue weighted by Crippen LogP contribution is -2.35. The molecule has 0 N–H and O–H groups in total. The van der Waals surface area contributed by atoms with Crippen LogP contribution in [-0.4, -0.2) is 31.4 Å². The molecule has 26 heavy (non-hydrogen) atoms. The molecule has 5 heteroatoms. The second-order valence-corrected chi connectivity index (χ2v) is 8.65. The Hall–Kier alpha value is -1.75. The monoisotopic (exact) mass is 366 g/mol. The summed E-state index contributed by atoms with van der Waals surface area (Å²) < 4.78 is 2.46. The molecule has 0 bridgehead atoms. The first-order chi connectivity index (χ1) is 12.8. The Morgan fingerprint density at radius 3 is 2.85 bits per heavy atom. The third-order valence-electron chi connectivity index (χ3n) is 6.15. The SMILES string of the molecule is CC[C@@H]1CSC2=N[C@H](c3ccccn3)[C@H](c3ccn(C4CCCC4)c3)N21. The number of thioether (sulfide) groups is 1. The van der Waals surface area contributed by atoms with Crippen LogP contribution in [0.4, 0.5) is 0 Å². The lowest BCUT2D eigenvalue weighted by Gasteiger charge is -2.31. The van der Waals surface area contributed by atoms with E-state index < -0.39 is 0 Å². The average Bonchev–Trinajstić information content (AvgIpc) is 3.44. The zero-order chi connectivity index (χ0) is 17.5. The third-order valence-corrected chi connectivity index (χ3v) is 7.28. The van der Waals surface area contributed by atoms with E-state index in [1.165, 1.54) is 42.8 Å². The van der Waals surface area contributed by atoms with Crippen LogP contribution in [0.3, 0.4) is 0 Å². The Balaban J connectivity index is 1.52. The maximum absolute atomic E-state index is 5.12. The van der Waals surface area contributed by atoms with E-state index in [-0.39, 0.29) is 12.1 Å². The number of pyridine rings is 1. The maximum Gasteiger partial charge on any atom is 0.160 e. The average molecular weight is 367 g/mol. The van der Waals surface area contributed by atoms with Gasteiger partial charge in [0.05, 0.1) is 11.7 Å². The smallest absolute Gasteiger partial charge is 0.160 e. The van der Waals surface area contributed by atoms with Crippen LogP contribution >= 0.6 is 11.8 Å². The van der Waals surface area contributed by atoms with Gasteiger partial charge < -0.3 is 9.47 Å². The van der Waals surface area contributed by atoms with E-state index in [2.05, 4.69) is 52.0 Å². The molecule has 5 rings (SSSR count). The molecule has 4 nitrogen and oxygen atoms in total. The van der Waals surface area contributed by atoms with Crippen molar-refractivity contribution in [3.8, 4) is 0 Å². The second kappa shape index (κ2) is 6.76. The number of nitrogens with zero attached hydrogens (tertiary/aromatic N) is 4. The zero-order valence-corrected chi connectivity index (χ0v) is 16.1. The largest absolute Gasteiger partial charge is 0.351 e. The summed E-state index contributed by atoms with van der Waals surface area (Å²) in [6, 6.07) is 10.2. The normalized spacial score (nSPS) is 28.6. The van der Waals surface area contributed by atoms with E-state index in [0.717, 1.165) is 11.4 Å². The van der Waals surface area contributed by atoms with Crippen LogP contribution in [0.25, 0.3) is 0 Å². The highest BCUT2D eigenvalue weighted by atomic mass is 32.2. The fourth-order valence-corrected chi connectivity index (χ4v) is 6.08. The summed E-state index contributed by atoms with van der Waals surface area (Å²) in [6.45, 7) is 2.29. The second-order valence-electron chi connectivity index (χ2n) is 7.67. The molecule has 136 valence electrons. The summed E-state index contributed by atoms with van der Waals surface area (Å²) >= 11 is 1.92. The van der Waals surface area contributed by atoms with Gasteiger partial charge in [0.2, 0.25) is 0 Å². The first-order valence-corrected chi connectivity index (χ1v) is 10.9. The standard InChI is InChI=1S/C21H26N4S/c1-2-16-14-26-21-23-19(18-9-5-6-11-22-18)20(25(16)21)15-10-12-24(13-15)17-7-3-4-8-17/h5-6,9-13,16-17,19-20H,2-4,7-8,14H2,1H3/t16-,19-,20+/m1/s1. The predicted molar refractivity (Wildman–Crippen MR) is 107 cm³/mol. The Morgan fingerprint density at radius 1 is 1.19 bits per heavy atom. The lowest BCUT2D eigenvalue weighted by molar-refractivity contribution is 0.255. The highest BCUT2D eigenvalue weighted by molar-refractivity contribution is 8.14. The molecule has 1 saturated heterocycles. The molecule has 0 aromatic carbocycles. The Morgan fingerprint density at radius 2 is 2.08 bits per heavy atom. The van der Waals surface area contributed by atoms with Crippen LogP contribution in [0.1, 0.15) is 68.4 Å². The van der Waals surface area contributed by atoms with Crippen LogP contribution in [0.2, 0.25) is 0 Å². The molecule has 0 unspecified atom stereocenters. The molecule has 1 saturated carbocycles. The van der Waals surface area contributed by atoms with Crippen molar-refractivity contribution < 1.29 is 0 Å². The predicted octanol–water partition coefficient (Wildman–Crippen LogP) is 4.98. The highest BCUT2D eigenvalue weighted by Gasteiger charge is 2.45. The van der Waals surface area contributed by atoms with Gasteiger partial charge in [-0.05, 0) is 43.0 Å². The topological polar surface area (TPSA) is 33.4 Å². The fraction of sp³-hybridized carbons (Fsp3) is 0.524. The van der Waals surface area contributed by atoms with Crippen molar-refractivity contribution in [2.75, 3.05) is 5.75 Å². The van der Waals surface area contributed by atoms with Crippen molar-refractivity contribution in [3.63, 3.8) is 0 Å².